The van der Waals surface area contributed by atoms with Crippen LogP contribution >= 0.6 is 19.4 Å². The summed E-state index contributed by atoms with van der Waals surface area (Å²) in [4.78, 5) is 26.0. The maximum atomic E-state index is 10.9. The van der Waals surface area contributed by atoms with E-state index in [0.29, 0.717) is 11.3 Å². The molecule has 4 rings (SSSR count). The first-order chi connectivity index (χ1) is 23.1. The molecule has 0 N–H and O–H groups in total. The van der Waals surface area contributed by atoms with Crippen LogP contribution in [-0.4, -0.2) is 40.3 Å². The summed E-state index contributed by atoms with van der Waals surface area (Å²) in [5.74, 6) is 0.400. The van der Waals surface area contributed by atoms with Crippen molar-refractivity contribution >= 4 is 47.0 Å². The van der Waals surface area contributed by atoms with E-state index in [1.54, 1.807) is 10.7 Å². The molecule has 11 heteroatoms. The fourth-order valence-corrected chi connectivity index (χ4v) is 7.47. The van der Waals surface area contributed by atoms with Crippen LogP contribution in [0.25, 0.3) is 0 Å². The maximum absolute atomic E-state index is 10.9. The molecule has 3 aromatic rings. The second-order valence-corrected chi connectivity index (χ2v) is 19.9. The Morgan fingerprint density at radius 2 is 1.30 bits per heavy atom. The van der Waals surface area contributed by atoms with Gasteiger partial charge in [-0.1, -0.05) is 49.2 Å². The first kappa shape index (κ1) is 43.2. The number of nitro benzene ring substituents is 1. The molecular formula is C39H54Cl2N3O5Ru-. The van der Waals surface area contributed by atoms with Gasteiger partial charge >= 0.3 is 118 Å². The minimum absolute atomic E-state index is 0.00360. The van der Waals surface area contributed by atoms with Crippen molar-refractivity contribution in [3.05, 3.63) is 98.2 Å². The van der Waals surface area contributed by atoms with Gasteiger partial charge in [0.15, 0.2) is 0 Å². The van der Waals surface area contributed by atoms with Gasteiger partial charge in [0, 0.05) is 24.5 Å². The smallest absolute Gasteiger partial charge is 0.0146 e. The zero-order valence-corrected chi connectivity index (χ0v) is 35.0. The Hall–Kier alpha value is -3.00. The van der Waals surface area contributed by atoms with Crippen molar-refractivity contribution in [3.63, 3.8) is 0 Å². The minimum Gasteiger partial charge on any atom is -0.502 e. The summed E-state index contributed by atoms with van der Waals surface area (Å²) >= 11 is -2.05. The van der Waals surface area contributed by atoms with Crippen LogP contribution in [-0.2, 0) is 23.0 Å². The molecule has 1 fully saturated rings. The number of halogens is 2. The number of carbonyl (C=O) groups is 1. The number of hydrogen-bond acceptors (Lipinski definition) is 7. The van der Waals surface area contributed by atoms with E-state index in [1.807, 2.05) is 48.5 Å². The molecule has 1 aliphatic rings. The molecule has 1 saturated heterocycles. The number of benzene rings is 3. The summed E-state index contributed by atoms with van der Waals surface area (Å²) in [5.41, 5.74) is 11.1. The van der Waals surface area contributed by atoms with Crippen LogP contribution in [0.15, 0.2) is 42.5 Å². The second kappa shape index (κ2) is 19.0. The Morgan fingerprint density at radius 3 is 1.62 bits per heavy atom. The van der Waals surface area contributed by atoms with Crippen molar-refractivity contribution in [3.8, 4) is 5.75 Å². The van der Waals surface area contributed by atoms with E-state index < -0.39 is 18.4 Å². The Morgan fingerprint density at radius 1 is 0.860 bits per heavy atom. The zero-order valence-electron chi connectivity index (χ0n) is 31.8. The van der Waals surface area contributed by atoms with Crippen molar-refractivity contribution in [1.29, 1.82) is 0 Å². The Bertz CT molecular complexity index is 1570. The standard InChI is InChI=1S/C21H27N2.C10H11NO3.C8H16O2.2ClH.Ru/c1-14-9-16(3)20(17(4)10-14)22-7-8-23(13-22)21-18(5)11-15(2)12-19(21)6;1-7(2)14-10-5-4-9(11(12)13)6-8(10)3;1-6(2)7(9)10-8(3,4)5;;;/h9-13H,7-8H2,1-6H3;3-7H,1-2H3;6H,1-5H3;2*1H;/q-1;;;;;+2/p-2. The van der Waals surface area contributed by atoms with Gasteiger partial charge in [-0.3, -0.25) is 4.79 Å². The predicted octanol–water partition coefficient (Wildman–Crippen LogP) is 10.4. The van der Waals surface area contributed by atoms with E-state index in [4.69, 9.17) is 28.9 Å². The van der Waals surface area contributed by atoms with Gasteiger partial charge in [-0.05, 0) is 84.6 Å². The van der Waals surface area contributed by atoms with Crippen molar-refractivity contribution < 1.29 is 32.7 Å². The normalized spacial score (nSPS) is 12.9. The van der Waals surface area contributed by atoms with Gasteiger partial charge in [0.25, 0.3) is 0 Å². The third kappa shape index (κ3) is 13.6. The molecule has 1 heterocycles. The maximum Gasteiger partial charge on any atom is 0.0146 e. The second-order valence-electron chi connectivity index (χ2n) is 14.1. The molecule has 0 unspecified atom stereocenters. The van der Waals surface area contributed by atoms with Gasteiger partial charge < -0.3 is 14.5 Å². The first-order valence-electron chi connectivity index (χ1n) is 16.6. The third-order valence-electron chi connectivity index (χ3n) is 7.34. The quantitative estimate of drug-likeness (QED) is 0.0772. The molecule has 0 aromatic heterocycles. The van der Waals surface area contributed by atoms with Crippen molar-refractivity contribution in [1.82, 2.24) is 0 Å². The Kier molecular flexibility index (Phi) is 16.4. The summed E-state index contributed by atoms with van der Waals surface area (Å²) in [5, 5.41) is 10.7. The third-order valence-corrected chi connectivity index (χ3v) is 9.17. The van der Waals surface area contributed by atoms with Crippen molar-refractivity contribution in [2.45, 2.75) is 102 Å². The average molecular weight is 817 g/mol. The Labute approximate surface area is 312 Å². The predicted molar refractivity (Wildman–Crippen MR) is 207 cm³/mol. The number of hydrogen-bond donors (Lipinski definition) is 0. The number of ether oxygens (including phenoxy) is 2. The number of nitro groups is 1. The number of nitrogens with zero attached hydrogens (tertiary/aromatic N) is 3. The van der Waals surface area contributed by atoms with E-state index in [1.165, 1.54) is 56.9 Å². The van der Waals surface area contributed by atoms with Gasteiger partial charge in [-0.2, -0.15) is 6.67 Å². The van der Waals surface area contributed by atoms with Crippen LogP contribution in [0.1, 0.15) is 87.4 Å². The van der Waals surface area contributed by atoms with E-state index in [0.717, 1.165) is 13.1 Å². The van der Waals surface area contributed by atoms with Crippen LogP contribution in [0.5, 0.6) is 5.75 Å². The summed E-state index contributed by atoms with van der Waals surface area (Å²) < 4.78 is 12.2. The monoisotopic (exact) mass is 816 g/mol. The van der Waals surface area contributed by atoms with Gasteiger partial charge in [0.05, 0.1) is 5.92 Å². The molecule has 50 heavy (non-hydrogen) atoms. The van der Waals surface area contributed by atoms with Gasteiger partial charge in [0.2, 0.25) is 0 Å². The molecule has 0 amide bonds. The molecular weight excluding hydrogens is 762 g/mol. The molecule has 0 spiro atoms. The summed E-state index contributed by atoms with van der Waals surface area (Å²) in [6, 6.07) is 13.5. The summed E-state index contributed by atoms with van der Waals surface area (Å²) in [6.07, 6.45) is -0.0186. The summed E-state index contributed by atoms with van der Waals surface area (Å²) in [6.45, 7) is 30.6. The van der Waals surface area contributed by atoms with Crippen LogP contribution < -0.4 is 14.5 Å². The molecule has 8 nitrogen and oxygen atoms in total. The average Bonchev–Trinajstić information content (AvgIpc) is 3.41. The number of rotatable bonds is 7. The van der Waals surface area contributed by atoms with Crippen LogP contribution in [0.2, 0.25) is 0 Å². The first-order valence-corrected chi connectivity index (χ1v) is 22.1. The minimum atomic E-state index is -2.05. The fraction of sp³-hybridized carbons (Fsp3) is 0.462. The molecule has 0 bridgehead atoms. The van der Waals surface area contributed by atoms with Crippen molar-refractivity contribution in [2.75, 3.05) is 22.9 Å². The number of esters is 1. The molecule has 278 valence electrons. The molecule has 3 aromatic carbocycles. The number of carbonyl (C=O) groups excluding carboxylic acids is 1. The Balaban J connectivity index is 0.000000283. The van der Waals surface area contributed by atoms with Gasteiger partial charge in [-0.25, -0.2) is 0 Å². The van der Waals surface area contributed by atoms with Crippen LogP contribution in [0, 0.1) is 64.2 Å². The summed E-state index contributed by atoms with van der Waals surface area (Å²) in [7, 11) is 11.6. The van der Waals surface area contributed by atoms with Crippen LogP contribution in [0.4, 0.5) is 17.1 Å². The number of anilines is 2. The van der Waals surface area contributed by atoms with E-state index >= 15 is 0 Å². The van der Waals surface area contributed by atoms with Crippen molar-refractivity contribution in [2.24, 2.45) is 5.92 Å². The molecule has 0 saturated carbocycles. The van der Waals surface area contributed by atoms with Gasteiger partial charge in [0.1, 0.15) is 5.60 Å². The SMILES string of the molecule is CC(C)C(=O)OC(C)(C)C.CC(C)Oc1ccc([N+](=O)[O-])cc1[CH]=[Ru]([Cl])[Cl].Cc1cc(C)c(N2[CH-]N(c3c(C)cc(C)cc3C)CC2)c(C)c1. The van der Waals surface area contributed by atoms with E-state index in [-0.39, 0.29) is 29.3 Å². The fourth-order valence-electron chi connectivity index (χ4n) is 5.68. The molecule has 0 atom stereocenters. The molecule has 1 aliphatic heterocycles. The zero-order chi connectivity index (χ0) is 38.1. The number of aryl methyl sites for hydroxylation is 6. The topological polar surface area (TPSA) is 85.1 Å². The van der Waals surface area contributed by atoms with E-state index in [2.05, 4.69) is 82.3 Å². The largest absolute Gasteiger partial charge is 0.502 e. The van der Waals surface area contributed by atoms with E-state index in [9.17, 15) is 14.9 Å². The molecule has 0 radical (unpaired) electrons. The van der Waals surface area contributed by atoms with Crippen LogP contribution in [0.3, 0.4) is 0 Å². The van der Waals surface area contributed by atoms with Gasteiger partial charge in [-0.15, -0.1) is 0 Å². The molecule has 0 aliphatic carbocycles. The number of non-ortho nitro benzene ring substituents is 1.